The van der Waals surface area contributed by atoms with Crippen LogP contribution in [0.1, 0.15) is 15.9 Å². The summed E-state index contributed by atoms with van der Waals surface area (Å²) in [4.78, 5) is 20.5. The summed E-state index contributed by atoms with van der Waals surface area (Å²) in [5, 5.41) is 0.874. The quantitative estimate of drug-likeness (QED) is 0.534. The second-order valence-electron chi connectivity index (χ2n) is 4.35. The van der Waals surface area contributed by atoms with E-state index in [-0.39, 0.29) is 5.78 Å². The van der Waals surface area contributed by atoms with Crippen LogP contribution < -0.4 is 0 Å². The molecule has 1 aromatic carbocycles. The summed E-state index contributed by atoms with van der Waals surface area (Å²) in [5.74, 6) is -0.0274. The summed E-state index contributed by atoms with van der Waals surface area (Å²) >= 11 is 0. The Bertz CT molecular complexity index is 774. The molecule has 0 atom stereocenters. The Kier molecular flexibility index (Phi) is 3.33. The lowest BCUT2D eigenvalue weighted by Crippen LogP contribution is -1.96. The number of carbonyl (C=O) groups excluding carboxylic acids is 1. The van der Waals surface area contributed by atoms with Crippen LogP contribution in [0.2, 0.25) is 0 Å². The maximum atomic E-state index is 12.3. The molecule has 0 unspecified atom stereocenters. The van der Waals surface area contributed by atoms with Crippen molar-refractivity contribution < 1.29 is 4.79 Å². The first kappa shape index (κ1) is 12.2. The molecule has 96 valence electrons. The van der Waals surface area contributed by atoms with Gasteiger partial charge in [-0.3, -0.25) is 14.8 Å². The molecule has 0 bridgehead atoms. The van der Waals surface area contributed by atoms with Gasteiger partial charge in [0.25, 0.3) is 0 Å². The summed E-state index contributed by atoms with van der Waals surface area (Å²) in [7, 11) is 0. The molecular weight excluding hydrogens is 248 g/mol. The highest BCUT2D eigenvalue weighted by molar-refractivity contribution is 6.14. The molecular formula is C17H12N2O. The van der Waals surface area contributed by atoms with Crippen molar-refractivity contribution in [2.24, 2.45) is 0 Å². The minimum atomic E-state index is -0.0274. The van der Waals surface area contributed by atoms with Crippen LogP contribution in [-0.2, 0) is 0 Å². The number of nitrogens with zero attached hydrogens (tertiary/aromatic N) is 2. The number of aromatic nitrogens is 2. The topological polar surface area (TPSA) is 42.9 Å². The van der Waals surface area contributed by atoms with Gasteiger partial charge in [-0.1, -0.05) is 24.3 Å². The molecule has 3 nitrogen and oxygen atoms in total. The third-order valence-electron chi connectivity index (χ3n) is 3.04. The number of fused-ring (bicyclic) bond motifs is 1. The van der Waals surface area contributed by atoms with Crippen molar-refractivity contribution in [2.45, 2.75) is 0 Å². The number of hydrogen-bond acceptors (Lipinski definition) is 3. The van der Waals surface area contributed by atoms with Gasteiger partial charge in [-0.05, 0) is 35.9 Å². The van der Waals surface area contributed by atoms with Crippen molar-refractivity contribution >= 4 is 22.8 Å². The SMILES string of the molecule is O=C(C=Cc1ccncc1)c1cccc2ncccc12. The number of ketones is 1. The van der Waals surface area contributed by atoms with Crippen LogP contribution in [0.4, 0.5) is 0 Å². The predicted octanol–water partition coefficient (Wildman–Crippen LogP) is 3.53. The molecule has 0 saturated carbocycles. The van der Waals surface area contributed by atoms with E-state index in [4.69, 9.17) is 0 Å². The fourth-order valence-electron chi connectivity index (χ4n) is 2.05. The minimum absolute atomic E-state index is 0.0274. The summed E-state index contributed by atoms with van der Waals surface area (Å²) in [5.41, 5.74) is 2.45. The molecule has 3 heteroatoms. The average molecular weight is 260 g/mol. The van der Waals surface area contributed by atoms with Gasteiger partial charge in [0.1, 0.15) is 0 Å². The Morgan fingerprint density at radius 3 is 2.65 bits per heavy atom. The standard InChI is InChI=1S/C17H12N2O/c20-17(7-6-13-8-11-18-12-9-13)15-3-1-5-16-14(15)4-2-10-19-16/h1-12H. The second-order valence-corrected chi connectivity index (χ2v) is 4.35. The number of pyridine rings is 2. The molecule has 0 aliphatic heterocycles. The molecule has 2 heterocycles. The first-order valence-electron chi connectivity index (χ1n) is 6.31. The van der Waals surface area contributed by atoms with E-state index in [1.54, 1.807) is 30.7 Å². The Balaban J connectivity index is 1.95. The van der Waals surface area contributed by atoms with Crippen LogP contribution in [0.15, 0.2) is 67.1 Å². The molecule has 0 aliphatic carbocycles. The largest absolute Gasteiger partial charge is 0.289 e. The highest BCUT2D eigenvalue weighted by Crippen LogP contribution is 2.17. The molecule has 2 aromatic heterocycles. The lowest BCUT2D eigenvalue weighted by molar-refractivity contribution is 0.104. The van der Waals surface area contributed by atoms with Crippen molar-refractivity contribution in [3.63, 3.8) is 0 Å². The van der Waals surface area contributed by atoms with Gasteiger partial charge in [-0.25, -0.2) is 0 Å². The van der Waals surface area contributed by atoms with E-state index in [9.17, 15) is 4.79 Å². The summed E-state index contributed by atoms with van der Waals surface area (Å²) < 4.78 is 0. The van der Waals surface area contributed by atoms with Gasteiger partial charge in [0.05, 0.1) is 5.52 Å². The van der Waals surface area contributed by atoms with Gasteiger partial charge in [0, 0.05) is 29.5 Å². The van der Waals surface area contributed by atoms with Gasteiger partial charge < -0.3 is 0 Å². The monoisotopic (exact) mass is 260 g/mol. The van der Waals surface area contributed by atoms with E-state index in [0.717, 1.165) is 16.5 Å². The zero-order chi connectivity index (χ0) is 13.8. The van der Waals surface area contributed by atoms with Gasteiger partial charge >= 0.3 is 0 Å². The minimum Gasteiger partial charge on any atom is -0.289 e. The van der Waals surface area contributed by atoms with Crippen molar-refractivity contribution in [1.82, 2.24) is 9.97 Å². The van der Waals surface area contributed by atoms with E-state index < -0.39 is 0 Å². The average Bonchev–Trinajstić information content (AvgIpc) is 2.53. The van der Waals surface area contributed by atoms with Gasteiger partial charge in [0.15, 0.2) is 5.78 Å². The van der Waals surface area contributed by atoms with E-state index in [1.165, 1.54) is 0 Å². The number of hydrogen-bond donors (Lipinski definition) is 0. The summed E-state index contributed by atoms with van der Waals surface area (Å²) in [6, 6.07) is 13.0. The van der Waals surface area contributed by atoms with Crippen molar-refractivity contribution in [3.8, 4) is 0 Å². The Labute approximate surface area is 116 Å². The van der Waals surface area contributed by atoms with Crippen molar-refractivity contribution in [1.29, 1.82) is 0 Å². The summed E-state index contributed by atoms with van der Waals surface area (Å²) in [6.07, 6.45) is 8.50. The fourth-order valence-corrected chi connectivity index (χ4v) is 2.05. The third-order valence-corrected chi connectivity index (χ3v) is 3.04. The van der Waals surface area contributed by atoms with Crippen LogP contribution in [0, 0.1) is 0 Å². The molecule has 0 spiro atoms. The molecule has 0 N–H and O–H groups in total. The molecule has 0 amide bonds. The lowest BCUT2D eigenvalue weighted by Gasteiger charge is -2.02. The zero-order valence-corrected chi connectivity index (χ0v) is 10.7. The molecule has 20 heavy (non-hydrogen) atoms. The first-order chi connectivity index (χ1) is 9.84. The maximum absolute atomic E-state index is 12.3. The molecule has 0 saturated heterocycles. The van der Waals surface area contributed by atoms with E-state index in [1.807, 2.05) is 42.5 Å². The van der Waals surface area contributed by atoms with Gasteiger partial charge in [-0.15, -0.1) is 0 Å². The fraction of sp³-hybridized carbons (Fsp3) is 0. The van der Waals surface area contributed by atoms with E-state index in [2.05, 4.69) is 9.97 Å². The Morgan fingerprint density at radius 2 is 1.80 bits per heavy atom. The number of carbonyl (C=O) groups is 1. The van der Waals surface area contributed by atoms with Crippen LogP contribution in [0.3, 0.4) is 0 Å². The van der Waals surface area contributed by atoms with Crippen molar-refractivity contribution in [3.05, 3.63) is 78.3 Å². The van der Waals surface area contributed by atoms with Gasteiger partial charge in [0.2, 0.25) is 0 Å². The van der Waals surface area contributed by atoms with Gasteiger partial charge in [-0.2, -0.15) is 0 Å². The number of allylic oxidation sites excluding steroid dienone is 1. The second kappa shape index (κ2) is 5.45. The molecule has 0 fully saturated rings. The smallest absolute Gasteiger partial charge is 0.186 e. The number of benzene rings is 1. The third kappa shape index (κ3) is 2.47. The van der Waals surface area contributed by atoms with Crippen LogP contribution >= 0.6 is 0 Å². The van der Waals surface area contributed by atoms with Crippen molar-refractivity contribution in [2.75, 3.05) is 0 Å². The molecule has 3 aromatic rings. The summed E-state index contributed by atoms with van der Waals surface area (Å²) in [6.45, 7) is 0. The van der Waals surface area contributed by atoms with Crippen LogP contribution in [0.5, 0.6) is 0 Å². The number of rotatable bonds is 3. The normalized spacial score (nSPS) is 11.0. The van der Waals surface area contributed by atoms with E-state index >= 15 is 0 Å². The Morgan fingerprint density at radius 1 is 0.950 bits per heavy atom. The highest BCUT2D eigenvalue weighted by Gasteiger charge is 2.06. The molecule has 3 rings (SSSR count). The van der Waals surface area contributed by atoms with E-state index in [0.29, 0.717) is 5.56 Å². The molecule has 0 radical (unpaired) electrons. The maximum Gasteiger partial charge on any atom is 0.186 e. The highest BCUT2D eigenvalue weighted by atomic mass is 16.1. The lowest BCUT2D eigenvalue weighted by atomic mass is 10.0. The zero-order valence-electron chi connectivity index (χ0n) is 10.7. The van der Waals surface area contributed by atoms with Crippen LogP contribution in [0.25, 0.3) is 17.0 Å². The van der Waals surface area contributed by atoms with Crippen LogP contribution in [-0.4, -0.2) is 15.8 Å². The predicted molar refractivity (Wildman–Crippen MR) is 79.3 cm³/mol. The Hall–Kier alpha value is -2.81. The molecule has 0 aliphatic rings. The first-order valence-corrected chi connectivity index (χ1v) is 6.31.